The Labute approximate surface area is 200 Å². The predicted molar refractivity (Wildman–Crippen MR) is 119 cm³/mol. The van der Waals surface area contributed by atoms with E-state index < -0.39 is 45.4 Å². The quantitative estimate of drug-likeness (QED) is 0.603. The average molecular weight is 510 g/mol. The van der Waals surface area contributed by atoms with Gasteiger partial charge < -0.3 is 10.2 Å². The molecule has 3 aliphatic rings. The van der Waals surface area contributed by atoms with Gasteiger partial charge in [0.2, 0.25) is 5.91 Å². The number of benzene rings is 1. The van der Waals surface area contributed by atoms with Gasteiger partial charge in [0.25, 0.3) is 5.91 Å². The topological polar surface area (TPSA) is 96.4 Å². The number of fused-ring (bicyclic) bond motifs is 1. The van der Waals surface area contributed by atoms with Crippen LogP contribution in [0.2, 0.25) is 5.02 Å². The van der Waals surface area contributed by atoms with Crippen LogP contribution >= 0.6 is 11.6 Å². The van der Waals surface area contributed by atoms with Crippen molar-refractivity contribution in [3.05, 3.63) is 58.4 Å². The number of carbonyl (C=O) groups excluding carboxylic acids is 2. The van der Waals surface area contributed by atoms with Crippen LogP contribution in [-0.2, 0) is 14.6 Å². The van der Waals surface area contributed by atoms with Gasteiger partial charge in [-0.15, -0.1) is 0 Å². The lowest BCUT2D eigenvalue weighted by Gasteiger charge is -2.29. The summed E-state index contributed by atoms with van der Waals surface area (Å²) in [5.41, 5.74) is 0.113. The molecule has 34 heavy (non-hydrogen) atoms. The highest BCUT2D eigenvalue weighted by Gasteiger charge is 2.56. The van der Waals surface area contributed by atoms with E-state index in [4.69, 9.17) is 11.6 Å². The number of hydrogen-bond donors (Lipinski definition) is 1. The van der Waals surface area contributed by atoms with Crippen LogP contribution in [0.15, 0.2) is 35.5 Å². The van der Waals surface area contributed by atoms with Crippen LogP contribution in [0.3, 0.4) is 0 Å². The molecule has 0 bridgehead atoms. The van der Waals surface area contributed by atoms with E-state index in [1.165, 1.54) is 23.4 Å². The Hall–Kier alpha value is -2.59. The number of sulfone groups is 1. The minimum Gasteiger partial charge on any atom is -0.347 e. The Kier molecular flexibility index (Phi) is 5.63. The molecule has 4 atom stereocenters. The molecule has 5 rings (SSSR count). The lowest BCUT2D eigenvalue weighted by molar-refractivity contribution is -0.126. The SMILES string of the molecule is CS(=O)(=O)c1cncc(C(=O)N2[C@@H](C(=O)N[C@@H](c3cc(F)c(Cl)cc3F)C3CC3)C[C@@H]3C[C@@H]32)c1. The van der Waals surface area contributed by atoms with E-state index in [1.54, 1.807) is 0 Å². The van der Waals surface area contributed by atoms with Gasteiger partial charge in [0.1, 0.15) is 17.7 Å². The number of rotatable bonds is 6. The van der Waals surface area contributed by atoms with Crippen molar-refractivity contribution in [1.82, 2.24) is 15.2 Å². The van der Waals surface area contributed by atoms with Crippen molar-refractivity contribution in [2.24, 2.45) is 11.8 Å². The number of piperidine rings is 1. The molecule has 0 spiro atoms. The fourth-order valence-corrected chi connectivity index (χ4v) is 5.52. The first-order chi connectivity index (χ1) is 16.0. The van der Waals surface area contributed by atoms with E-state index >= 15 is 0 Å². The number of likely N-dealkylation sites (tertiary alicyclic amines) is 1. The third kappa shape index (κ3) is 4.29. The van der Waals surface area contributed by atoms with Crippen molar-refractivity contribution < 1.29 is 26.8 Å². The first-order valence-electron chi connectivity index (χ1n) is 11.0. The highest BCUT2D eigenvalue weighted by atomic mass is 35.5. The average Bonchev–Trinajstić information content (AvgIpc) is 3.72. The van der Waals surface area contributed by atoms with Crippen LogP contribution in [0.5, 0.6) is 0 Å². The molecular formula is C23H22ClF2N3O4S. The molecule has 1 N–H and O–H groups in total. The molecule has 180 valence electrons. The number of pyridine rings is 1. The molecule has 1 aliphatic heterocycles. The fourth-order valence-electron chi connectivity index (χ4n) is 4.78. The summed E-state index contributed by atoms with van der Waals surface area (Å²) in [6, 6.07) is 1.53. The number of aromatic nitrogens is 1. The third-order valence-corrected chi connectivity index (χ3v) is 8.16. The van der Waals surface area contributed by atoms with E-state index in [9.17, 15) is 26.8 Å². The van der Waals surface area contributed by atoms with Gasteiger partial charge in [0, 0.05) is 30.3 Å². The van der Waals surface area contributed by atoms with Gasteiger partial charge in [-0.3, -0.25) is 14.6 Å². The first kappa shape index (κ1) is 23.2. The maximum atomic E-state index is 14.6. The maximum absolute atomic E-state index is 14.6. The summed E-state index contributed by atoms with van der Waals surface area (Å²) in [6.45, 7) is 0. The molecule has 2 saturated carbocycles. The zero-order chi connectivity index (χ0) is 24.4. The van der Waals surface area contributed by atoms with Crippen molar-refractivity contribution in [2.45, 2.75) is 48.7 Å². The van der Waals surface area contributed by atoms with E-state index in [2.05, 4.69) is 10.3 Å². The van der Waals surface area contributed by atoms with Crippen LogP contribution in [0, 0.1) is 23.5 Å². The molecule has 0 unspecified atom stereocenters. The normalized spacial score (nSPS) is 24.5. The Morgan fingerprint density at radius 3 is 2.56 bits per heavy atom. The Bertz CT molecular complexity index is 1300. The summed E-state index contributed by atoms with van der Waals surface area (Å²) in [5.74, 6) is -2.25. The smallest absolute Gasteiger partial charge is 0.256 e. The number of halogens is 3. The van der Waals surface area contributed by atoms with Gasteiger partial charge in [0.05, 0.1) is 21.5 Å². The number of hydrogen-bond acceptors (Lipinski definition) is 5. The second-order valence-electron chi connectivity index (χ2n) is 9.32. The molecule has 3 fully saturated rings. The molecule has 7 nitrogen and oxygen atoms in total. The van der Waals surface area contributed by atoms with Gasteiger partial charge >= 0.3 is 0 Å². The van der Waals surface area contributed by atoms with Gasteiger partial charge in [-0.25, -0.2) is 17.2 Å². The highest BCUT2D eigenvalue weighted by Crippen LogP contribution is 2.49. The molecular weight excluding hydrogens is 488 g/mol. The lowest BCUT2D eigenvalue weighted by atomic mass is 10.00. The summed E-state index contributed by atoms with van der Waals surface area (Å²) in [6.07, 6.45) is 6.21. The largest absolute Gasteiger partial charge is 0.347 e. The summed E-state index contributed by atoms with van der Waals surface area (Å²) in [7, 11) is -3.56. The lowest BCUT2D eigenvalue weighted by Crippen LogP contribution is -2.49. The number of nitrogens with zero attached hydrogens (tertiary/aromatic N) is 2. The van der Waals surface area contributed by atoms with Crippen molar-refractivity contribution in [3.63, 3.8) is 0 Å². The van der Waals surface area contributed by atoms with Crippen LogP contribution in [-0.4, -0.2) is 48.5 Å². The molecule has 2 aliphatic carbocycles. The molecule has 1 aromatic carbocycles. The Morgan fingerprint density at radius 2 is 1.88 bits per heavy atom. The summed E-state index contributed by atoms with van der Waals surface area (Å²) < 4.78 is 52.4. The summed E-state index contributed by atoms with van der Waals surface area (Å²) in [5, 5.41) is 2.51. The molecule has 0 radical (unpaired) electrons. The van der Waals surface area contributed by atoms with Crippen LogP contribution in [0.25, 0.3) is 0 Å². The standard InChI is InChI=1S/C23H22ClF2N3O4S/c1-34(32,33)14-4-13(9-27-10-14)23(31)29-19-5-12(19)6-20(29)22(30)28-21(11-2-3-11)15-7-18(26)16(24)8-17(15)25/h4,7-12,19-21H,2-3,5-6H2,1H3,(H,28,30)/t12-,19-,20+,21+/m0/s1. The molecule has 2 aromatic rings. The van der Waals surface area contributed by atoms with Crippen molar-refractivity contribution >= 4 is 33.3 Å². The summed E-state index contributed by atoms with van der Waals surface area (Å²) in [4.78, 5) is 31.9. The number of nitrogens with one attached hydrogen (secondary N) is 1. The fraction of sp³-hybridized carbons (Fsp3) is 0.435. The van der Waals surface area contributed by atoms with Crippen LogP contribution < -0.4 is 5.32 Å². The molecule has 2 heterocycles. The third-order valence-electron chi connectivity index (χ3n) is 6.80. The number of amides is 2. The predicted octanol–water partition coefficient (Wildman–Crippen LogP) is 3.29. The van der Waals surface area contributed by atoms with Crippen LogP contribution in [0.1, 0.15) is 47.6 Å². The zero-order valence-corrected chi connectivity index (χ0v) is 19.7. The minimum absolute atomic E-state index is 0.0313. The minimum atomic E-state index is -3.56. The van der Waals surface area contributed by atoms with E-state index in [-0.39, 0.29) is 38.9 Å². The first-order valence-corrected chi connectivity index (χ1v) is 13.2. The van der Waals surface area contributed by atoms with E-state index in [1.807, 2.05) is 0 Å². The Morgan fingerprint density at radius 1 is 1.15 bits per heavy atom. The van der Waals surface area contributed by atoms with Gasteiger partial charge in [-0.2, -0.15) is 0 Å². The highest BCUT2D eigenvalue weighted by molar-refractivity contribution is 7.90. The van der Waals surface area contributed by atoms with E-state index in [0.29, 0.717) is 6.42 Å². The second kappa shape index (κ2) is 8.27. The zero-order valence-electron chi connectivity index (χ0n) is 18.2. The van der Waals surface area contributed by atoms with Gasteiger partial charge in [-0.05, 0) is 55.7 Å². The summed E-state index contributed by atoms with van der Waals surface area (Å²) >= 11 is 5.68. The second-order valence-corrected chi connectivity index (χ2v) is 11.7. The monoisotopic (exact) mass is 509 g/mol. The van der Waals surface area contributed by atoms with Gasteiger partial charge in [-0.1, -0.05) is 11.6 Å². The van der Waals surface area contributed by atoms with Gasteiger partial charge in [0.15, 0.2) is 9.84 Å². The molecule has 2 amide bonds. The van der Waals surface area contributed by atoms with Crippen molar-refractivity contribution in [1.29, 1.82) is 0 Å². The van der Waals surface area contributed by atoms with Crippen molar-refractivity contribution in [3.8, 4) is 0 Å². The molecule has 1 saturated heterocycles. The maximum Gasteiger partial charge on any atom is 0.256 e. The molecule has 11 heteroatoms. The molecule has 1 aromatic heterocycles. The van der Waals surface area contributed by atoms with Crippen LogP contribution in [0.4, 0.5) is 8.78 Å². The van der Waals surface area contributed by atoms with E-state index in [0.717, 1.165) is 37.7 Å². The van der Waals surface area contributed by atoms with Crippen molar-refractivity contribution in [2.75, 3.05) is 6.26 Å². The Balaban J connectivity index is 1.40. The number of carbonyl (C=O) groups is 2.